The van der Waals surface area contributed by atoms with E-state index < -0.39 is 0 Å². The fourth-order valence-corrected chi connectivity index (χ4v) is 3.26. The lowest BCUT2D eigenvalue weighted by atomic mass is 10.1. The minimum atomic E-state index is 0.0616. The second-order valence-corrected chi connectivity index (χ2v) is 6.34. The van der Waals surface area contributed by atoms with E-state index in [0.29, 0.717) is 19.7 Å². The summed E-state index contributed by atoms with van der Waals surface area (Å²) < 4.78 is 6.83. The first-order valence-corrected chi connectivity index (χ1v) is 7.53. The van der Waals surface area contributed by atoms with E-state index in [1.807, 2.05) is 29.6 Å². The van der Waals surface area contributed by atoms with Crippen molar-refractivity contribution in [3.8, 4) is 0 Å². The van der Waals surface area contributed by atoms with E-state index in [1.54, 1.807) is 7.11 Å². The Hall–Kier alpha value is -1.80. The van der Waals surface area contributed by atoms with Gasteiger partial charge in [0.25, 0.3) is 5.91 Å². The van der Waals surface area contributed by atoms with E-state index in [2.05, 4.69) is 15.3 Å². The molecule has 2 aromatic rings. The van der Waals surface area contributed by atoms with Crippen LogP contribution in [0.2, 0.25) is 0 Å². The number of hydrogen-bond acceptors (Lipinski definition) is 6. The van der Waals surface area contributed by atoms with Gasteiger partial charge < -0.3 is 9.64 Å². The molecule has 3 rings (SSSR count). The van der Waals surface area contributed by atoms with Crippen molar-refractivity contribution in [3.63, 3.8) is 0 Å². The molecular weight excluding hydrogens is 290 g/mol. The molecule has 7 nitrogen and oxygen atoms in total. The van der Waals surface area contributed by atoms with Crippen LogP contribution < -0.4 is 0 Å². The molecule has 112 valence electrons. The molecular formula is C13H17N5O2S. The average molecular weight is 307 g/mol. The van der Waals surface area contributed by atoms with Crippen molar-refractivity contribution >= 4 is 17.2 Å². The molecule has 0 bridgehead atoms. The molecule has 21 heavy (non-hydrogen) atoms. The second-order valence-electron chi connectivity index (χ2n) is 5.13. The zero-order chi connectivity index (χ0) is 15.0. The highest BCUT2D eigenvalue weighted by molar-refractivity contribution is 7.13. The van der Waals surface area contributed by atoms with Gasteiger partial charge in [0.15, 0.2) is 0 Å². The summed E-state index contributed by atoms with van der Waals surface area (Å²) in [5.74, 6) is 0.0616. The van der Waals surface area contributed by atoms with Gasteiger partial charge in [-0.05, 0) is 13.8 Å². The maximum absolute atomic E-state index is 12.4. The predicted molar refractivity (Wildman–Crippen MR) is 77.3 cm³/mol. The molecule has 1 saturated heterocycles. The number of aromatic nitrogens is 4. The Morgan fingerprint density at radius 2 is 2.24 bits per heavy atom. The van der Waals surface area contributed by atoms with Crippen LogP contribution in [0.25, 0.3) is 0 Å². The lowest BCUT2D eigenvalue weighted by Crippen LogP contribution is -2.50. The SMILES string of the molecule is COCc1cn(C2CN(C(=O)c3sc(C)nc3C)C2)nn1. The smallest absolute Gasteiger partial charge is 0.266 e. The number of ether oxygens (including phenoxy) is 1. The number of hydrogen-bond donors (Lipinski definition) is 0. The van der Waals surface area contributed by atoms with E-state index in [-0.39, 0.29) is 11.9 Å². The summed E-state index contributed by atoms with van der Waals surface area (Å²) in [5.41, 5.74) is 1.62. The van der Waals surface area contributed by atoms with E-state index in [1.165, 1.54) is 11.3 Å². The zero-order valence-electron chi connectivity index (χ0n) is 12.2. The summed E-state index contributed by atoms with van der Waals surface area (Å²) in [6, 6.07) is 0.196. The molecule has 1 amide bonds. The van der Waals surface area contributed by atoms with E-state index in [0.717, 1.165) is 21.3 Å². The van der Waals surface area contributed by atoms with Crippen molar-refractivity contribution in [1.29, 1.82) is 0 Å². The largest absolute Gasteiger partial charge is 0.378 e. The van der Waals surface area contributed by atoms with E-state index in [4.69, 9.17) is 4.74 Å². The highest BCUT2D eigenvalue weighted by Gasteiger charge is 2.34. The number of carbonyl (C=O) groups is 1. The summed E-state index contributed by atoms with van der Waals surface area (Å²) in [4.78, 5) is 19.2. The summed E-state index contributed by atoms with van der Waals surface area (Å²) in [5, 5.41) is 9.04. The highest BCUT2D eigenvalue weighted by Crippen LogP contribution is 2.26. The molecule has 0 unspecified atom stereocenters. The Morgan fingerprint density at radius 1 is 1.48 bits per heavy atom. The number of nitrogens with zero attached hydrogens (tertiary/aromatic N) is 5. The van der Waals surface area contributed by atoms with E-state index in [9.17, 15) is 4.79 Å². The highest BCUT2D eigenvalue weighted by atomic mass is 32.1. The molecule has 0 spiro atoms. The molecule has 8 heteroatoms. The molecule has 3 heterocycles. The fourth-order valence-electron chi connectivity index (χ4n) is 2.37. The minimum Gasteiger partial charge on any atom is -0.378 e. The summed E-state index contributed by atoms with van der Waals surface area (Å²) >= 11 is 1.45. The third-order valence-corrected chi connectivity index (χ3v) is 4.53. The van der Waals surface area contributed by atoms with Gasteiger partial charge in [0.05, 0.1) is 29.5 Å². The van der Waals surface area contributed by atoms with Crippen LogP contribution in [0.3, 0.4) is 0 Å². The van der Waals surface area contributed by atoms with Crippen LogP contribution >= 0.6 is 11.3 Å². The molecule has 0 aromatic carbocycles. The predicted octanol–water partition coefficient (Wildman–Crippen LogP) is 1.19. The van der Waals surface area contributed by atoms with Crippen molar-refractivity contribution in [2.24, 2.45) is 0 Å². The molecule has 2 aromatic heterocycles. The Kier molecular flexibility index (Phi) is 3.73. The third-order valence-electron chi connectivity index (χ3n) is 3.47. The number of aryl methyl sites for hydroxylation is 2. The van der Waals surface area contributed by atoms with Gasteiger partial charge in [-0.15, -0.1) is 16.4 Å². The standard InChI is InChI=1S/C13H17N5O2S/c1-8-12(21-9(2)14-8)13(19)17-5-11(6-17)18-4-10(7-20-3)15-16-18/h4,11H,5-7H2,1-3H3. The number of thiazole rings is 1. The number of carbonyl (C=O) groups excluding carboxylic acids is 1. The van der Waals surface area contributed by atoms with Crippen LogP contribution in [0.5, 0.6) is 0 Å². The molecule has 0 N–H and O–H groups in total. The van der Waals surface area contributed by atoms with Gasteiger partial charge >= 0.3 is 0 Å². The summed E-state index contributed by atoms with van der Waals surface area (Å²) in [7, 11) is 1.63. The number of amides is 1. The molecule has 0 aliphatic carbocycles. The van der Waals surface area contributed by atoms with Gasteiger partial charge in [-0.1, -0.05) is 5.21 Å². The van der Waals surface area contributed by atoms with Gasteiger partial charge in [0, 0.05) is 20.2 Å². The van der Waals surface area contributed by atoms with Gasteiger partial charge in [-0.2, -0.15) is 0 Å². The topological polar surface area (TPSA) is 73.1 Å². The van der Waals surface area contributed by atoms with Crippen LogP contribution in [0.15, 0.2) is 6.20 Å². The monoisotopic (exact) mass is 307 g/mol. The first kappa shape index (κ1) is 14.2. The maximum atomic E-state index is 12.4. The van der Waals surface area contributed by atoms with Gasteiger partial charge in [0.1, 0.15) is 10.6 Å². The number of rotatable bonds is 4. The molecule has 0 atom stereocenters. The summed E-state index contributed by atoms with van der Waals surface area (Å²) in [6.07, 6.45) is 1.87. The lowest BCUT2D eigenvalue weighted by Gasteiger charge is -2.38. The van der Waals surface area contributed by atoms with Crippen molar-refractivity contribution in [2.75, 3.05) is 20.2 Å². The number of methoxy groups -OCH3 is 1. The minimum absolute atomic E-state index is 0.0616. The van der Waals surface area contributed by atoms with Gasteiger partial charge in [0.2, 0.25) is 0 Å². The maximum Gasteiger partial charge on any atom is 0.266 e. The van der Waals surface area contributed by atoms with Gasteiger partial charge in [-0.25, -0.2) is 9.67 Å². The third kappa shape index (κ3) is 2.68. The second kappa shape index (κ2) is 5.53. The molecule has 0 saturated carbocycles. The quantitative estimate of drug-likeness (QED) is 0.848. The zero-order valence-corrected chi connectivity index (χ0v) is 13.1. The lowest BCUT2D eigenvalue weighted by molar-refractivity contribution is 0.0502. The Bertz CT molecular complexity index is 659. The molecule has 1 aliphatic heterocycles. The average Bonchev–Trinajstić information content (AvgIpc) is 2.95. The first-order chi connectivity index (χ1) is 10.1. The van der Waals surface area contributed by atoms with E-state index >= 15 is 0 Å². The van der Waals surface area contributed by atoms with Crippen LogP contribution in [0, 0.1) is 13.8 Å². The summed E-state index contributed by atoms with van der Waals surface area (Å²) in [6.45, 7) is 5.56. The van der Waals surface area contributed by atoms with Crippen LogP contribution in [0.4, 0.5) is 0 Å². The van der Waals surface area contributed by atoms with Crippen molar-refractivity contribution in [1.82, 2.24) is 24.9 Å². The normalized spacial score (nSPS) is 15.3. The molecule has 1 fully saturated rings. The molecule has 0 radical (unpaired) electrons. The van der Waals surface area contributed by atoms with Crippen molar-refractivity contribution in [3.05, 3.63) is 27.5 Å². The number of likely N-dealkylation sites (tertiary alicyclic amines) is 1. The Morgan fingerprint density at radius 3 is 2.86 bits per heavy atom. The fraction of sp³-hybridized carbons (Fsp3) is 0.538. The Balaban J connectivity index is 1.62. The first-order valence-electron chi connectivity index (χ1n) is 6.71. The van der Waals surface area contributed by atoms with Gasteiger partial charge in [-0.3, -0.25) is 4.79 Å². The van der Waals surface area contributed by atoms with Crippen molar-refractivity contribution in [2.45, 2.75) is 26.5 Å². The van der Waals surface area contributed by atoms with Crippen LogP contribution in [-0.2, 0) is 11.3 Å². The Labute approximate surface area is 126 Å². The van der Waals surface area contributed by atoms with Crippen LogP contribution in [0.1, 0.15) is 32.1 Å². The van der Waals surface area contributed by atoms with Crippen LogP contribution in [-0.4, -0.2) is 51.0 Å². The molecule has 1 aliphatic rings. The van der Waals surface area contributed by atoms with Crippen molar-refractivity contribution < 1.29 is 9.53 Å².